The van der Waals surface area contributed by atoms with Gasteiger partial charge in [0.1, 0.15) is 6.33 Å². The van der Waals surface area contributed by atoms with E-state index in [1.54, 1.807) is 17.7 Å². The number of thiophene rings is 1. The second kappa shape index (κ2) is 17.3. The molecule has 5 rings (SSSR count). The minimum absolute atomic E-state index is 0. The first kappa shape index (κ1) is 43.3. The number of benzene rings is 3. The second-order valence-corrected chi connectivity index (χ2v) is 16.7. The first-order valence-electron chi connectivity index (χ1n) is 18.0. The van der Waals surface area contributed by atoms with Crippen LogP contribution in [-0.2, 0) is 42.9 Å². The van der Waals surface area contributed by atoms with Gasteiger partial charge in [0.25, 0.3) is 0 Å². The zero-order valence-electron chi connectivity index (χ0n) is 32.0. The van der Waals surface area contributed by atoms with E-state index in [0.717, 1.165) is 75.3 Å². The smallest absolute Gasteiger partial charge is 0.415 e. The number of aliphatic hydroxyl groups is 1. The van der Waals surface area contributed by atoms with Crippen LogP contribution in [0.15, 0.2) is 60.6 Å². The molecule has 0 saturated carbocycles. The van der Waals surface area contributed by atoms with Gasteiger partial charge in [0, 0.05) is 64.1 Å². The molecule has 0 aliphatic rings. The summed E-state index contributed by atoms with van der Waals surface area (Å²) in [5.41, 5.74) is 3.68. The van der Waals surface area contributed by atoms with Crippen LogP contribution >= 0.6 is 11.3 Å². The predicted octanol–water partition coefficient (Wildman–Crippen LogP) is 13.2. The molecule has 283 valence electrons. The Kier molecular flexibility index (Phi) is 14.4. The largest absolute Gasteiger partial charge is 0.512 e. The van der Waals surface area contributed by atoms with E-state index < -0.39 is 11.7 Å². The van der Waals surface area contributed by atoms with Gasteiger partial charge in [-0.1, -0.05) is 104 Å². The van der Waals surface area contributed by atoms with E-state index in [1.807, 2.05) is 54.5 Å². The van der Waals surface area contributed by atoms with E-state index in [9.17, 15) is 23.1 Å². The van der Waals surface area contributed by atoms with E-state index >= 15 is 0 Å². The van der Waals surface area contributed by atoms with Crippen LogP contribution in [0.1, 0.15) is 112 Å². The Morgan fingerprint density at radius 3 is 2.06 bits per heavy atom. The number of allylic oxidation sites excluding steroid dienone is 2. The Hall–Kier alpha value is -3.13. The van der Waals surface area contributed by atoms with Crippen molar-refractivity contribution in [3.05, 3.63) is 83.4 Å². The Bertz CT molecular complexity index is 2030. The number of ketones is 1. The first-order chi connectivity index (χ1) is 23.8. The van der Waals surface area contributed by atoms with Gasteiger partial charge in [-0.25, -0.2) is 4.98 Å². The number of nitrogens with zero attached hydrogens (tertiary/aromatic N) is 2. The molecule has 0 amide bonds. The number of fused-ring (bicyclic) bond motifs is 4. The topological polar surface area (TPSA) is 63.1 Å². The Morgan fingerprint density at radius 1 is 0.865 bits per heavy atom. The normalized spacial score (nSPS) is 12.8. The van der Waals surface area contributed by atoms with Gasteiger partial charge in [-0.3, -0.25) is 9.78 Å². The standard InChI is InChI=1S/C30H28F3N2S.C13H24O2.Ir/c1-28(2,3)15-17-7-10-21-24(11-17)36-27-25(34-16-35-26(21)27)19-12-18-8-9-20(30(31,32)33)14-22(18)23(13-19)29(4,5)6;1-5-10(6-2)12(14)9-13(15)11(7-3)8-4;/h7-11,13-14,16H,15H2,1-6H3;9-11,14H,5-8H2,1-4H3;/q-1;;/b;12-9-;. The maximum atomic E-state index is 13.5. The molecule has 0 spiro atoms. The molecule has 1 radical (unpaired) electrons. The summed E-state index contributed by atoms with van der Waals surface area (Å²) in [6.45, 7) is 20.8. The molecule has 1 N–H and O–H groups in total. The van der Waals surface area contributed by atoms with Gasteiger partial charge in [-0.05, 0) is 54.6 Å². The van der Waals surface area contributed by atoms with Crippen LogP contribution in [0.25, 0.3) is 42.3 Å². The molecule has 0 saturated heterocycles. The minimum atomic E-state index is -4.40. The number of hydrogen-bond donors (Lipinski definition) is 1. The third kappa shape index (κ3) is 10.3. The van der Waals surface area contributed by atoms with Crippen LogP contribution in [-0.4, -0.2) is 20.9 Å². The number of aromatic nitrogens is 2. The summed E-state index contributed by atoms with van der Waals surface area (Å²) in [6.07, 6.45) is 3.05. The van der Waals surface area contributed by atoms with Crippen LogP contribution in [0.3, 0.4) is 0 Å². The maximum Gasteiger partial charge on any atom is 0.415 e. The van der Waals surface area contributed by atoms with Gasteiger partial charge in [-0.15, -0.1) is 40.5 Å². The molecule has 0 fully saturated rings. The van der Waals surface area contributed by atoms with Crippen molar-refractivity contribution in [1.29, 1.82) is 0 Å². The van der Waals surface area contributed by atoms with Crippen molar-refractivity contribution < 1.29 is 43.2 Å². The molecule has 52 heavy (non-hydrogen) atoms. The van der Waals surface area contributed by atoms with Crippen LogP contribution in [0, 0.1) is 23.3 Å². The van der Waals surface area contributed by atoms with E-state index in [1.165, 1.54) is 23.8 Å². The summed E-state index contributed by atoms with van der Waals surface area (Å²) in [7, 11) is 0. The summed E-state index contributed by atoms with van der Waals surface area (Å²) < 4.78 is 42.5. The van der Waals surface area contributed by atoms with Gasteiger partial charge in [-0.2, -0.15) is 13.2 Å². The van der Waals surface area contributed by atoms with Crippen molar-refractivity contribution in [2.45, 2.75) is 113 Å². The zero-order chi connectivity index (χ0) is 37.9. The number of hydrogen-bond acceptors (Lipinski definition) is 5. The molecule has 5 aromatic rings. The molecule has 2 heterocycles. The molecule has 3 aromatic carbocycles. The Morgan fingerprint density at radius 2 is 1.50 bits per heavy atom. The van der Waals surface area contributed by atoms with Crippen molar-refractivity contribution in [1.82, 2.24) is 9.97 Å². The van der Waals surface area contributed by atoms with Crippen molar-refractivity contribution >= 4 is 48.2 Å². The fraction of sp³-hybridized carbons (Fsp3) is 0.465. The van der Waals surface area contributed by atoms with Crippen LogP contribution in [0.4, 0.5) is 13.2 Å². The molecule has 0 aliphatic heterocycles. The third-order valence-corrected chi connectivity index (χ3v) is 10.5. The van der Waals surface area contributed by atoms with Gasteiger partial charge in [0.05, 0.1) is 11.3 Å². The first-order valence-corrected chi connectivity index (χ1v) is 18.8. The van der Waals surface area contributed by atoms with E-state index in [0.29, 0.717) is 10.8 Å². The van der Waals surface area contributed by atoms with Gasteiger partial charge < -0.3 is 5.11 Å². The number of carbonyl (C=O) groups is 1. The molecule has 9 heteroatoms. The van der Waals surface area contributed by atoms with Crippen LogP contribution in [0.2, 0.25) is 0 Å². The molecular formula is C43H52F3IrN2O2S-. The molecular weight excluding hydrogens is 858 g/mol. The monoisotopic (exact) mass is 910 g/mol. The van der Waals surface area contributed by atoms with Crippen LogP contribution < -0.4 is 0 Å². The number of aliphatic hydroxyl groups excluding tert-OH is 1. The minimum Gasteiger partial charge on any atom is -0.512 e. The summed E-state index contributed by atoms with van der Waals surface area (Å²) in [6, 6.07) is 15.7. The SMILES string of the molecule is CC(C)(C)Cc1ccc2c(c1)sc1c(-c3[c-]c4ccc(C(F)(F)F)cc4c(C(C)(C)C)c3)ncnc12.CCC(CC)C(=O)/C=C(\O)C(CC)CC.[Ir]. The fourth-order valence-corrected chi connectivity index (χ4v) is 7.74. The van der Waals surface area contributed by atoms with Gasteiger partial charge in [0.2, 0.25) is 0 Å². The fourth-order valence-electron chi connectivity index (χ4n) is 6.52. The van der Waals surface area contributed by atoms with Gasteiger partial charge >= 0.3 is 6.18 Å². The van der Waals surface area contributed by atoms with E-state index in [2.05, 4.69) is 55.0 Å². The Labute approximate surface area is 324 Å². The van der Waals surface area contributed by atoms with E-state index in [4.69, 9.17) is 0 Å². The third-order valence-electron chi connectivity index (χ3n) is 9.39. The van der Waals surface area contributed by atoms with Crippen LogP contribution in [0.5, 0.6) is 0 Å². The number of alkyl halides is 3. The van der Waals surface area contributed by atoms with E-state index in [-0.39, 0.29) is 54.3 Å². The average molecular weight is 910 g/mol. The summed E-state index contributed by atoms with van der Waals surface area (Å²) >= 11 is 1.65. The van der Waals surface area contributed by atoms with Crippen molar-refractivity contribution in [2.75, 3.05) is 0 Å². The average Bonchev–Trinajstić information content (AvgIpc) is 3.41. The maximum absolute atomic E-state index is 13.5. The number of rotatable bonds is 9. The molecule has 0 atom stereocenters. The zero-order valence-corrected chi connectivity index (χ0v) is 35.2. The quantitative estimate of drug-likeness (QED) is 0.0909. The van der Waals surface area contributed by atoms with Crippen molar-refractivity contribution in [2.24, 2.45) is 17.3 Å². The molecule has 0 aliphatic carbocycles. The molecule has 0 bridgehead atoms. The second-order valence-electron chi connectivity index (χ2n) is 15.7. The molecule has 2 aromatic heterocycles. The van der Waals surface area contributed by atoms with Crippen molar-refractivity contribution in [3.8, 4) is 11.3 Å². The summed E-state index contributed by atoms with van der Waals surface area (Å²) in [5.74, 6) is 0.547. The number of halogens is 3. The van der Waals surface area contributed by atoms with Gasteiger partial charge in [0.15, 0.2) is 5.78 Å². The number of carbonyl (C=O) groups excluding carboxylic acids is 1. The predicted molar refractivity (Wildman–Crippen MR) is 207 cm³/mol. The van der Waals surface area contributed by atoms with Crippen molar-refractivity contribution in [3.63, 3.8) is 0 Å². The summed E-state index contributed by atoms with van der Waals surface area (Å²) in [5, 5.41) is 12.1. The summed E-state index contributed by atoms with van der Waals surface area (Å²) in [4.78, 5) is 20.9. The molecule has 4 nitrogen and oxygen atoms in total. The Balaban J connectivity index is 0.000000389. The molecule has 0 unspecified atom stereocenters.